The average molecular weight is 704 g/mol. The molecule has 2 aromatic heterocycles. The SMILES string of the molecule is c1ccc(-c2ccc(-c3ccc4c(c3)oc3cc(-c5nc(-c6cccc(-c7ccccc7)c6)nc(-c6cccc(-c7ccccc7)c6)n5)ccc34)cc2)cc1. The lowest BCUT2D eigenvalue weighted by Crippen LogP contribution is -2.00. The molecule has 2 heterocycles. The second kappa shape index (κ2) is 13.8. The third-order valence-corrected chi connectivity index (χ3v) is 10.1. The smallest absolute Gasteiger partial charge is 0.164 e. The Balaban J connectivity index is 1.06. The van der Waals surface area contributed by atoms with Crippen molar-refractivity contribution in [1.82, 2.24) is 15.0 Å². The number of hydrogen-bond donors (Lipinski definition) is 0. The molecule has 8 aromatic carbocycles. The summed E-state index contributed by atoms with van der Waals surface area (Å²) >= 11 is 0. The topological polar surface area (TPSA) is 51.8 Å². The van der Waals surface area contributed by atoms with Crippen LogP contribution in [0, 0.1) is 0 Å². The van der Waals surface area contributed by atoms with E-state index in [-0.39, 0.29) is 0 Å². The van der Waals surface area contributed by atoms with Gasteiger partial charge >= 0.3 is 0 Å². The van der Waals surface area contributed by atoms with Gasteiger partial charge in [-0.2, -0.15) is 0 Å². The van der Waals surface area contributed by atoms with Crippen molar-refractivity contribution in [2.24, 2.45) is 0 Å². The lowest BCUT2D eigenvalue weighted by molar-refractivity contribution is 0.669. The van der Waals surface area contributed by atoms with E-state index in [1.807, 2.05) is 24.3 Å². The second-order valence-corrected chi connectivity index (χ2v) is 13.7. The molecule has 10 aromatic rings. The Morgan fingerprint density at radius 1 is 0.236 bits per heavy atom. The average Bonchev–Trinajstić information content (AvgIpc) is 3.64. The third-order valence-electron chi connectivity index (χ3n) is 10.1. The zero-order valence-electron chi connectivity index (χ0n) is 29.8. The summed E-state index contributed by atoms with van der Waals surface area (Å²) in [5.74, 6) is 1.79. The fraction of sp³-hybridized carbons (Fsp3) is 0. The number of fused-ring (bicyclic) bond motifs is 3. The first-order valence-corrected chi connectivity index (χ1v) is 18.4. The van der Waals surface area contributed by atoms with Crippen molar-refractivity contribution in [2.75, 3.05) is 0 Å². The highest BCUT2D eigenvalue weighted by Crippen LogP contribution is 2.36. The molecule has 0 unspecified atom stereocenters. The van der Waals surface area contributed by atoms with Crippen molar-refractivity contribution in [3.05, 3.63) is 200 Å². The normalized spacial score (nSPS) is 11.3. The molecule has 55 heavy (non-hydrogen) atoms. The summed E-state index contributed by atoms with van der Waals surface area (Å²) in [4.78, 5) is 15.3. The minimum atomic E-state index is 0.580. The van der Waals surface area contributed by atoms with Crippen LogP contribution in [0.4, 0.5) is 0 Å². The highest BCUT2D eigenvalue weighted by Gasteiger charge is 2.16. The molecule has 0 fully saturated rings. The number of hydrogen-bond acceptors (Lipinski definition) is 4. The second-order valence-electron chi connectivity index (χ2n) is 13.7. The van der Waals surface area contributed by atoms with E-state index in [0.29, 0.717) is 17.5 Å². The largest absolute Gasteiger partial charge is 0.456 e. The Kier molecular flexibility index (Phi) is 8.12. The predicted molar refractivity (Wildman–Crippen MR) is 225 cm³/mol. The Bertz CT molecular complexity index is 2850. The fourth-order valence-electron chi connectivity index (χ4n) is 7.28. The van der Waals surface area contributed by atoms with Crippen molar-refractivity contribution >= 4 is 21.9 Å². The molecular weight excluding hydrogens is 671 g/mol. The number of rotatable bonds is 7. The van der Waals surface area contributed by atoms with E-state index in [9.17, 15) is 0 Å². The van der Waals surface area contributed by atoms with Crippen LogP contribution in [0.5, 0.6) is 0 Å². The summed E-state index contributed by atoms with van der Waals surface area (Å²) in [7, 11) is 0. The first kappa shape index (κ1) is 32.2. The van der Waals surface area contributed by atoms with E-state index < -0.39 is 0 Å². The van der Waals surface area contributed by atoms with Crippen LogP contribution in [0.3, 0.4) is 0 Å². The van der Waals surface area contributed by atoms with Crippen LogP contribution in [0.15, 0.2) is 205 Å². The number of benzene rings is 8. The van der Waals surface area contributed by atoms with Gasteiger partial charge in [0.1, 0.15) is 11.2 Å². The summed E-state index contributed by atoms with van der Waals surface area (Å²) in [6, 6.07) is 69.3. The molecule has 0 amide bonds. The van der Waals surface area contributed by atoms with Crippen molar-refractivity contribution in [2.45, 2.75) is 0 Å². The van der Waals surface area contributed by atoms with E-state index in [2.05, 4.69) is 176 Å². The zero-order valence-corrected chi connectivity index (χ0v) is 29.8. The number of aromatic nitrogens is 3. The lowest BCUT2D eigenvalue weighted by atomic mass is 9.99. The summed E-state index contributed by atoms with van der Waals surface area (Å²) in [6.07, 6.45) is 0. The molecule has 0 aliphatic carbocycles. The lowest BCUT2D eigenvalue weighted by Gasteiger charge is -2.10. The Morgan fingerprint density at radius 3 is 1.00 bits per heavy atom. The van der Waals surface area contributed by atoms with Crippen LogP contribution in [0.2, 0.25) is 0 Å². The molecule has 0 atom stereocenters. The van der Waals surface area contributed by atoms with E-state index >= 15 is 0 Å². The molecule has 10 rings (SSSR count). The van der Waals surface area contributed by atoms with E-state index in [1.54, 1.807) is 0 Å². The molecule has 4 heteroatoms. The fourth-order valence-corrected chi connectivity index (χ4v) is 7.28. The van der Waals surface area contributed by atoms with Gasteiger partial charge in [0.05, 0.1) is 0 Å². The van der Waals surface area contributed by atoms with Gasteiger partial charge in [-0.3, -0.25) is 0 Å². The number of nitrogens with zero attached hydrogens (tertiary/aromatic N) is 3. The Hall–Kier alpha value is -7.43. The summed E-state index contributed by atoms with van der Waals surface area (Å²) in [5, 5.41) is 2.11. The minimum Gasteiger partial charge on any atom is -0.456 e. The maximum absolute atomic E-state index is 6.56. The van der Waals surface area contributed by atoms with E-state index in [0.717, 1.165) is 72.0 Å². The van der Waals surface area contributed by atoms with Gasteiger partial charge in [-0.05, 0) is 80.9 Å². The quantitative estimate of drug-likeness (QED) is 0.166. The first-order chi connectivity index (χ1) is 27.2. The van der Waals surface area contributed by atoms with Crippen molar-refractivity contribution in [3.63, 3.8) is 0 Å². The third kappa shape index (κ3) is 6.36. The van der Waals surface area contributed by atoms with Gasteiger partial charge in [0.15, 0.2) is 17.5 Å². The van der Waals surface area contributed by atoms with Gasteiger partial charge in [-0.1, -0.05) is 164 Å². The maximum Gasteiger partial charge on any atom is 0.164 e. The van der Waals surface area contributed by atoms with Crippen LogP contribution < -0.4 is 0 Å². The number of furan rings is 1. The molecule has 0 bridgehead atoms. The Labute approximate surface area is 319 Å². The van der Waals surface area contributed by atoms with Crippen molar-refractivity contribution in [3.8, 4) is 78.7 Å². The molecule has 258 valence electrons. The molecule has 0 saturated carbocycles. The molecule has 0 spiro atoms. The molecular formula is C51H33N3O. The van der Waals surface area contributed by atoms with Crippen LogP contribution in [0.25, 0.3) is 101 Å². The van der Waals surface area contributed by atoms with Crippen molar-refractivity contribution in [1.29, 1.82) is 0 Å². The van der Waals surface area contributed by atoms with Gasteiger partial charge in [0, 0.05) is 27.5 Å². The molecule has 0 aliphatic rings. The first-order valence-electron chi connectivity index (χ1n) is 18.4. The molecule has 0 saturated heterocycles. The van der Waals surface area contributed by atoms with Crippen LogP contribution in [0.1, 0.15) is 0 Å². The van der Waals surface area contributed by atoms with Gasteiger partial charge in [0.25, 0.3) is 0 Å². The summed E-state index contributed by atoms with van der Waals surface area (Å²) in [5.41, 5.74) is 13.4. The molecule has 4 nitrogen and oxygen atoms in total. The Morgan fingerprint density at radius 2 is 0.527 bits per heavy atom. The minimum absolute atomic E-state index is 0.580. The van der Waals surface area contributed by atoms with Gasteiger partial charge in [-0.15, -0.1) is 0 Å². The highest BCUT2D eigenvalue weighted by molar-refractivity contribution is 6.06. The van der Waals surface area contributed by atoms with Gasteiger partial charge in [-0.25, -0.2) is 15.0 Å². The standard InChI is InChI=1S/C51H33N3O/c1-4-12-34(13-5-1)37-22-24-38(25-23-37)41-26-28-45-46-29-27-44(33-48(46)55-47(45)32-41)51-53-49(42-20-10-18-39(30-42)35-14-6-2-7-15-35)52-50(54-51)43-21-11-19-40(31-43)36-16-8-3-9-17-36/h1-33H. The monoisotopic (exact) mass is 703 g/mol. The zero-order chi connectivity index (χ0) is 36.6. The predicted octanol–water partition coefficient (Wildman–Crippen LogP) is 13.4. The van der Waals surface area contributed by atoms with E-state index in [4.69, 9.17) is 19.4 Å². The van der Waals surface area contributed by atoms with Gasteiger partial charge < -0.3 is 4.42 Å². The van der Waals surface area contributed by atoms with Crippen LogP contribution in [-0.4, -0.2) is 15.0 Å². The molecule has 0 radical (unpaired) electrons. The van der Waals surface area contributed by atoms with Gasteiger partial charge in [0.2, 0.25) is 0 Å². The van der Waals surface area contributed by atoms with Crippen LogP contribution >= 0.6 is 0 Å². The highest BCUT2D eigenvalue weighted by atomic mass is 16.3. The molecule has 0 N–H and O–H groups in total. The van der Waals surface area contributed by atoms with E-state index in [1.165, 1.54) is 11.1 Å². The summed E-state index contributed by atoms with van der Waals surface area (Å²) < 4.78 is 6.56. The summed E-state index contributed by atoms with van der Waals surface area (Å²) in [6.45, 7) is 0. The maximum atomic E-state index is 6.56. The molecule has 0 aliphatic heterocycles. The van der Waals surface area contributed by atoms with Crippen LogP contribution in [-0.2, 0) is 0 Å². The van der Waals surface area contributed by atoms with Crippen molar-refractivity contribution < 1.29 is 4.42 Å².